The van der Waals surface area contributed by atoms with Crippen LogP contribution in [-0.2, 0) is 0 Å². The first kappa shape index (κ1) is 11.6. The Labute approximate surface area is 75.1 Å². The third-order valence-corrected chi connectivity index (χ3v) is 2.71. The van der Waals surface area contributed by atoms with Gasteiger partial charge in [-0.1, -0.05) is 6.92 Å². The van der Waals surface area contributed by atoms with Crippen molar-refractivity contribution in [1.82, 2.24) is 0 Å². The Bertz CT molecular complexity index is 227. The second-order valence-electron chi connectivity index (χ2n) is 3.47. The second-order valence-corrected chi connectivity index (χ2v) is 3.47. The maximum Gasteiger partial charge on any atom is 0.397 e. The van der Waals surface area contributed by atoms with E-state index in [2.05, 4.69) is 0 Å². The first-order chi connectivity index (χ1) is 6.03. The first-order valence-corrected chi connectivity index (χ1v) is 3.81. The standard InChI is InChI=1S/C7H7F7/c1-3(6(9,10)11)5(2-4(5)8)7(12,13)14/h3-4H,2H2,1H3. The van der Waals surface area contributed by atoms with Crippen LogP contribution in [0.15, 0.2) is 0 Å². The molecule has 0 spiro atoms. The van der Waals surface area contributed by atoms with Crippen molar-refractivity contribution in [2.75, 3.05) is 0 Å². The highest BCUT2D eigenvalue weighted by atomic mass is 19.4. The van der Waals surface area contributed by atoms with Crippen molar-refractivity contribution in [2.24, 2.45) is 11.3 Å². The Morgan fingerprint density at radius 2 is 1.50 bits per heavy atom. The highest BCUT2D eigenvalue weighted by Gasteiger charge is 2.78. The molecule has 0 saturated heterocycles. The van der Waals surface area contributed by atoms with Crippen LogP contribution in [0.5, 0.6) is 0 Å². The molecule has 0 heterocycles. The Morgan fingerprint density at radius 1 is 1.14 bits per heavy atom. The second kappa shape index (κ2) is 2.76. The molecule has 0 aromatic carbocycles. The lowest BCUT2D eigenvalue weighted by molar-refractivity contribution is -0.266. The number of hydrogen-bond donors (Lipinski definition) is 0. The zero-order chi connectivity index (χ0) is 11.4. The van der Waals surface area contributed by atoms with E-state index >= 15 is 0 Å². The lowest BCUT2D eigenvalue weighted by atomic mass is 9.89. The predicted molar refractivity (Wildman–Crippen MR) is 33.2 cm³/mol. The first-order valence-electron chi connectivity index (χ1n) is 3.81. The zero-order valence-corrected chi connectivity index (χ0v) is 7.01. The SMILES string of the molecule is CC(C(F)(F)F)C1(C(F)(F)F)CC1F. The monoisotopic (exact) mass is 224 g/mol. The van der Waals surface area contributed by atoms with Crippen LogP contribution in [-0.4, -0.2) is 18.5 Å². The molecule has 0 aliphatic heterocycles. The third kappa shape index (κ3) is 1.46. The van der Waals surface area contributed by atoms with Gasteiger partial charge in [-0.05, 0) is 6.42 Å². The molecule has 0 aromatic heterocycles. The van der Waals surface area contributed by atoms with Crippen LogP contribution < -0.4 is 0 Å². The van der Waals surface area contributed by atoms with Gasteiger partial charge in [-0.25, -0.2) is 4.39 Å². The van der Waals surface area contributed by atoms with Crippen molar-refractivity contribution in [2.45, 2.75) is 31.9 Å². The molecule has 0 aromatic rings. The van der Waals surface area contributed by atoms with E-state index in [4.69, 9.17) is 0 Å². The van der Waals surface area contributed by atoms with Crippen molar-refractivity contribution in [3.05, 3.63) is 0 Å². The van der Waals surface area contributed by atoms with Gasteiger partial charge in [0.25, 0.3) is 0 Å². The molecule has 0 amide bonds. The van der Waals surface area contributed by atoms with Gasteiger partial charge in [0.1, 0.15) is 11.6 Å². The minimum atomic E-state index is -5.14. The Morgan fingerprint density at radius 3 is 1.57 bits per heavy atom. The summed E-state index contributed by atoms with van der Waals surface area (Å²) < 4.78 is 85.1. The number of halogens is 7. The Hall–Kier alpha value is -0.490. The summed E-state index contributed by atoms with van der Waals surface area (Å²) in [7, 11) is 0. The third-order valence-electron chi connectivity index (χ3n) is 2.71. The van der Waals surface area contributed by atoms with E-state index in [1.807, 2.05) is 0 Å². The van der Waals surface area contributed by atoms with Crippen LogP contribution in [0.25, 0.3) is 0 Å². The fourth-order valence-corrected chi connectivity index (χ4v) is 1.52. The van der Waals surface area contributed by atoms with Gasteiger partial charge in [-0.15, -0.1) is 0 Å². The molecule has 84 valence electrons. The minimum absolute atomic E-state index is 0.368. The topological polar surface area (TPSA) is 0 Å². The van der Waals surface area contributed by atoms with Gasteiger partial charge < -0.3 is 0 Å². The summed E-state index contributed by atoms with van der Waals surface area (Å²) >= 11 is 0. The zero-order valence-electron chi connectivity index (χ0n) is 7.01. The lowest BCUT2D eigenvalue weighted by Gasteiger charge is -2.27. The minimum Gasteiger partial charge on any atom is -0.246 e. The Balaban J connectivity index is 2.95. The van der Waals surface area contributed by atoms with Gasteiger partial charge in [0.15, 0.2) is 0 Å². The summed E-state index contributed by atoms with van der Waals surface area (Å²) in [6.45, 7) is 0.368. The van der Waals surface area contributed by atoms with Crippen LogP contribution in [0.4, 0.5) is 30.7 Å². The summed E-state index contributed by atoms with van der Waals surface area (Å²) in [5.41, 5.74) is -3.20. The number of alkyl halides is 7. The fraction of sp³-hybridized carbons (Fsp3) is 1.00. The fourth-order valence-electron chi connectivity index (χ4n) is 1.52. The molecule has 1 saturated carbocycles. The van der Waals surface area contributed by atoms with E-state index in [1.165, 1.54) is 0 Å². The molecule has 7 heteroatoms. The average Bonchev–Trinajstić information content (AvgIpc) is 2.58. The van der Waals surface area contributed by atoms with Crippen LogP contribution in [0.1, 0.15) is 13.3 Å². The quantitative estimate of drug-likeness (QED) is 0.598. The molecule has 0 bridgehead atoms. The van der Waals surface area contributed by atoms with Crippen molar-refractivity contribution in [3.8, 4) is 0 Å². The molecule has 1 aliphatic carbocycles. The molecule has 1 aliphatic rings. The highest BCUT2D eigenvalue weighted by molar-refractivity contribution is 5.12. The van der Waals surface area contributed by atoms with Crippen LogP contribution >= 0.6 is 0 Å². The Kier molecular flexibility index (Phi) is 2.28. The van der Waals surface area contributed by atoms with Crippen molar-refractivity contribution in [3.63, 3.8) is 0 Å². The molecule has 3 atom stereocenters. The van der Waals surface area contributed by atoms with Gasteiger partial charge >= 0.3 is 12.4 Å². The van der Waals surface area contributed by atoms with E-state index in [1.54, 1.807) is 0 Å². The van der Waals surface area contributed by atoms with E-state index in [0.29, 0.717) is 6.92 Å². The smallest absolute Gasteiger partial charge is 0.246 e. The summed E-state index contributed by atoms with van der Waals surface area (Å²) in [5, 5.41) is 0. The molecule has 0 N–H and O–H groups in total. The normalized spacial score (nSPS) is 35.6. The van der Waals surface area contributed by atoms with Crippen LogP contribution in [0.3, 0.4) is 0 Å². The molecule has 14 heavy (non-hydrogen) atoms. The molecule has 1 fully saturated rings. The summed E-state index contributed by atoms with van der Waals surface area (Å²) in [6.07, 6.45) is -13.7. The average molecular weight is 224 g/mol. The van der Waals surface area contributed by atoms with E-state index < -0.39 is 36.3 Å². The number of rotatable bonds is 1. The molecule has 0 nitrogen and oxygen atoms in total. The highest BCUT2D eigenvalue weighted by Crippen LogP contribution is 2.66. The molecule has 1 rings (SSSR count). The largest absolute Gasteiger partial charge is 0.397 e. The molecule has 3 unspecified atom stereocenters. The molecule has 0 radical (unpaired) electrons. The maximum atomic E-state index is 12.5. The summed E-state index contributed by atoms with van der Waals surface area (Å²) in [6, 6.07) is 0. The number of hydrogen-bond acceptors (Lipinski definition) is 0. The van der Waals surface area contributed by atoms with Crippen molar-refractivity contribution < 1.29 is 30.7 Å². The van der Waals surface area contributed by atoms with Crippen molar-refractivity contribution >= 4 is 0 Å². The van der Waals surface area contributed by atoms with Gasteiger partial charge in [-0.3, -0.25) is 0 Å². The van der Waals surface area contributed by atoms with Crippen molar-refractivity contribution in [1.29, 1.82) is 0 Å². The van der Waals surface area contributed by atoms with E-state index in [9.17, 15) is 30.7 Å². The van der Waals surface area contributed by atoms with Crippen LogP contribution in [0.2, 0.25) is 0 Å². The van der Waals surface area contributed by atoms with E-state index in [-0.39, 0.29) is 0 Å². The molecular formula is C7H7F7. The molecular weight excluding hydrogens is 217 g/mol. The van der Waals surface area contributed by atoms with Crippen LogP contribution in [0, 0.1) is 11.3 Å². The maximum absolute atomic E-state index is 12.5. The van der Waals surface area contributed by atoms with Gasteiger partial charge in [0.05, 0.1) is 5.92 Å². The van der Waals surface area contributed by atoms with Gasteiger partial charge in [0, 0.05) is 0 Å². The van der Waals surface area contributed by atoms with Gasteiger partial charge in [0.2, 0.25) is 0 Å². The summed E-state index contributed by atoms with van der Waals surface area (Å²) in [5.74, 6) is -2.69. The lowest BCUT2D eigenvalue weighted by Crippen LogP contribution is -2.40. The summed E-state index contributed by atoms with van der Waals surface area (Å²) in [4.78, 5) is 0. The van der Waals surface area contributed by atoms with E-state index in [0.717, 1.165) is 0 Å². The van der Waals surface area contributed by atoms with Gasteiger partial charge in [-0.2, -0.15) is 26.3 Å². The predicted octanol–water partition coefficient (Wildman–Crippen LogP) is 3.48.